The molecule has 6 aromatic carbocycles. The van der Waals surface area contributed by atoms with Crippen LogP contribution in [0.25, 0.3) is 11.1 Å². The lowest BCUT2D eigenvalue weighted by Crippen LogP contribution is -2.05. The van der Waals surface area contributed by atoms with Gasteiger partial charge in [-0.15, -0.1) is 0 Å². The Bertz CT molecular complexity index is 1650. The molecule has 0 aliphatic carbocycles. The second-order valence-corrected chi connectivity index (χ2v) is 11.2. The summed E-state index contributed by atoms with van der Waals surface area (Å²) < 4.78 is 10.9. The van der Waals surface area contributed by atoms with Gasteiger partial charge in [0.05, 0.1) is 0 Å². The van der Waals surface area contributed by atoms with E-state index in [2.05, 4.69) is 123 Å². The summed E-state index contributed by atoms with van der Waals surface area (Å²) in [5.41, 5.74) is 12.4. The Balaban J connectivity index is 0.000000201. The minimum atomic E-state index is 0.228. The van der Waals surface area contributed by atoms with Crippen LogP contribution in [0.15, 0.2) is 158 Å². The van der Waals surface area contributed by atoms with Crippen LogP contribution < -0.4 is 9.47 Å². The molecule has 2 nitrogen and oxygen atoms in total. The highest BCUT2D eigenvalue weighted by Gasteiger charge is 2.16. The molecule has 224 valence electrons. The number of rotatable bonds is 8. The van der Waals surface area contributed by atoms with Crippen LogP contribution in [0.3, 0.4) is 0 Å². The van der Waals surface area contributed by atoms with Crippen LogP contribution in [0.5, 0.6) is 11.5 Å². The fourth-order valence-electron chi connectivity index (χ4n) is 5.00. The zero-order chi connectivity index (χ0) is 31.4. The SMILES string of the molecule is Cc1ccc(C(=C(c2ccccc2)c2ccc(C)cc2)c2ccccc2)cc1.Cc1ccc(OCOc2ccc(C)cc2)cc1. The van der Waals surface area contributed by atoms with Crippen LogP contribution in [0.1, 0.15) is 44.5 Å². The Morgan fingerprint density at radius 1 is 0.333 bits per heavy atom. The fourth-order valence-corrected chi connectivity index (χ4v) is 5.00. The molecular weight excluding hydrogens is 548 g/mol. The van der Waals surface area contributed by atoms with Gasteiger partial charge in [-0.3, -0.25) is 0 Å². The second-order valence-electron chi connectivity index (χ2n) is 11.2. The van der Waals surface area contributed by atoms with E-state index in [9.17, 15) is 0 Å². The number of benzene rings is 6. The van der Waals surface area contributed by atoms with Gasteiger partial charge >= 0.3 is 0 Å². The first kappa shape index (κ1) is 31.1. The Morgan fingerprint density at radius 3 is 0.911 bits per heavy atom. The van der Waals surface area contributed by atoms with Crippen molar-refractivity contribution in [2.24, 2.45) is 0 Å². The summed E-state index contributed by atoms with van der Waals surface area (Å²) in [4.78, 5) is 0. The largest absolute Gasteiger partial charge is 0.458 e. The van der Waals surface area contributed by atoms with E-state index in [1.165, 1.54) is 55.7 Å². The predicted octanol–water partition coefficient (Wildman–Crippen LogP) is 11.0. The first-order valence-corrected chi connectivity index (χ1v) is 15.3. The van der Waals surface area contributed by atoms with Gasteiger partial charge in [0.25, 0.3) is 0 Å². The third-order valence-corrected chi connectivity index (χ3v) is 7.55. The average molecular weight is 589 g/mol. The van der Waals surface area contributed by atoms with E-state index in [4.69, 9.17) is 9.47 Å². The molecule has 0 saturated heterocycles. The van der Waals surface area contributed by atoms with E-state index in [1.54, 1.807) is 0 Å². The van der Waals surface area contributed by atoms with Gasteiger partial charge in [-0.25, -0.2) is 0 Å². The van der Waals surface area contributed by atoms with Gasteiger partial charge in [-0.1, -0.05) is 156 Å². The number of hydrogen-bond donors (Lipinski definition) is 0. The molecule has 0 aliphatic rings. The number of aryl methyl sites for hydroxylation is 4. The molecule has 0 fully saturated rings. The molecule has 0 N–H and O–H groups in total. The molecule has 0 amide bonds. The van der Waals surface area contributed by atoms with E-state index in [0.717, 1.165) is 11.5 Å². The Hall–Kier alpha value is -5.34. The van der Waals surface area contributed by atoms with E-state index in [0.29, 0.717) is 0 Å². The summed E-state index contributed by atoms with van der Waals surface area (Å²) in [6, 6.07) is 54.9. The average Bonchev–Trinajstić information content (AvgIpc) is 3.08. The summed E-state index contributed by atoms with van der Waals surface area (Å²) >= 11 is 0. The topological polar surface area (TPSA) is 18.5 Å². The predicted molar refractivity (Wildman–Crippen MR) is 189 cm³/mol. The standard InChI is InChI=1S/C28H24.C15H16O2/c1-21-13-17-25(18-14-21)27(23-9-5-3-6-10-23)28(24-11-7-4-8-12-24)26-19-15-22(2)16-20-26;1-12-3-7-14(8-4-12)16-11-17-15-9-5-13(2)6-10-15/h3-20H,1-2H3;3-10H,11H2,1-2H3. The van der Waals surface area contributed by atoms with E-state index in [-0.39, 0.29) is 6.79 Å². The molecule has 0 saturated carbocycles. The molecule has 0 radical (unpaired) electrons. The summed E-state index contributed by atoms with van der Waals surface area (Å²) in [6.07, 6.45) is 0. The van der Waals surface area contributed by atoms with Crippen molar-refractivity contribution in [3.8, 4) is 11.5 Å². The molecule has 0 bridgehead atoms. The van der Waals surface area contributed by atoms with Gasteiger partial charge < -0.3 is 9.47 Å². The Morgan fingerprint density at radius 2 is 0.600 bits per heavy atom. The van der Waals surface area contributed by atoms with Crippen LogP contribution in [-0.2, 0) is 0 Å². The first-order valence-electron chi connectivity index (χ1n) is 15.3. The van der Waals surface area contributed by atoms with Gasteiger partial charge in [-0.05, 0) is 85.4 Å². The summed E-state index contributed by atoms with van der Waals surface area (Å²) in [7, 11) is 0. The zero-order valence-corrected chi connectivity index (χ0v) is 26.5. The van der Waals surface area contributed by atoms with Gasteiger partial charge in [-0.2, -0.15) is 0 Å². The maximum Gasteiger partial charge on any atom is 0.230 e. The third kappa shape index (κ3) is 8.84. The van der Waals surface area contributed by atoms with E-state index < -0.39 is 0 Å². The highest BCUT2D eigenvalue weighted by Crippen LogP contribution is 2.37. The number of hydrogen-bond acceptors (Lipinski definition) is 2. The lowest BCUT2D eigenvalue weighted by Gasteiger charge is -2.18. The van der Waals surface area contributed by atoms with Crippen LogP contribution in [0, 0.1) is 27.7 Å². The van der Waals surface area contributed by atoms with Crippen molar-refractivity contribution < 1.29 is 9.47 Å². The van der Waals surface area contributed by atoms with Crippen molar-refractivity contribution in [3.05, 3.63) is 202 Å². The zero-order valence-electron chi connectivity index (χ0n) is 26.5. The Kier molecular flexibility index (Phi) is 10.6. The van der Waals surface area contributed by atoms with E-state index in [1.807, 2.05) is 62.4 Å². The normalized spacial score (nSPS) is 11.1. The molecule has 6 aromatic rings. The number of ether oxygens (including phenoxy) is 2. The molecule has 0 aromatic heterocycles. The summed E-state index contributed by atoms with van der Waals surface area (Å²) in [5, 5.41) is 0. The van der Waals surface area contributed by atoms with Crippen molar-refractivity contribution >= 4 is 11.1 Å². The van der Waals surface area contributed by atoms with Crippen molar-refractivity contribution in [1.82, 2.24) is 0 Å². The minimum Gasteiger partial charge on any atom is -0.458 e. The lowest BCUT2D eigenvalue weighted by atomic mass is 9.85. The van der Waals surface area contributed by atoms with Crippen LogP contribution in [-0.4, -0.2) is 6.79 Å². The van der Waals surface area contributed by atoms with Crippen LogP contribution >= 0.6 is 0 Å². The smallest absolute Gasteiger partial charge is 0.230 e. The molecule has 0 spiro atoms. The van der Waals surface area contributed by atoms with Crippen LogP contribution in [0.2, 0.25) is 0 Å². The second kappa shape index (κ2) is 15.4. The third-order valence-electron chi connectivity index (χ3n) is 7.55. The quantitative estimate of drug-likeness (QED) is 0.130. The van der Waals surface area contributed by atoms with Gasteiger partial charge in [0.15, 0.2) is 0 Å². The van der Waals surface area contributed by atoms with Crippen LogP contribution in [0.4, 0.5) is 0 Å². The summed E-state index contributed by atoms with van der Waals surface area (Å²) in [6.45, 7) is 8.59. The molecule has 0 atom stereocenters. The molecule has 0 heterocycles. The molecule has 0 aliphatic heterocycles. The monoisotopic (exact) mass is 588 g/mol. The molecule has 2 heteroatoms. The van der Waals surface area contributed by atoms with E-state index >= 15 is 0 Å². The lowest BCUT2D eigenvalue weighted by molar-refractivity contribution is 0.120. The fraction of sp³-hybridized carbons (Fsp3) is 0.116. The molecule has 45 heavy (non-hydrogen) atoms. The summed E-state index contributed by atoms with van der Waals surface area (Å²) in [5.74, 6) is 1.64. The Labute approximate surface area is 268 Å². The highest BCUT2D eigenvalue weighted by atomic mass is 16.7. The maximum atomic E-state index is 5.47. The van der Waals surface area contributed by atoms with Crippen molar-refractivity contribution in [2.75, 3.05) is 6.79 Å². The van der Waals surface area contributed by atoms with Gasteiger partial charge in [0.2, 0.25) is 6.79 Å². The van der Waals surface area contributed by atoms with Gasteiger partial charge in [0, 0.05) is 0 Å². The highest BCUT2D eigenvalue weighted by molar-refractivity contribution is 6.04. The van der Waals surface area contributed by atoms with Gasteiger partial charge in [0.1, 0.15) is 11.5 Å². The molecule has 0 unspecified atom stereocenters. The van der Waals surface area contributed by atoms with Crippen molar-refractivity contribution in [2.45, 2.75) is 27.7 Å². The van der Waals surface area contributed by atoms with Crippen molar-refractivity contribution in [1.29, 1.82) is 0 Å². The van der Waals surface area contributed by atoms with Crippen molar-refractivity contribution in [3.63, 3.8) is 0 Å². The first-order chi connectivity index (χ1) is 22.0. The minimum absolute atomic E-state index is 0.228. The molecule has 6 rings (SSSR count). The molecular formula is C43H40O2. The maximum absolute atomic E-state index is 5.47.